The van der Waals surface area contributed by atoms with Crippen LogP contribution >= 0.6 is 15.9 Å². The van der Waals surface area contributed by atoms with Gasteiger partial charge in [-0.3, -0.25) is 14.9 Å². The highest BCUT2D eigenvalue weighted by Crippen LogP contribution is 2.33. The Balaban J connectivity index is 2.17. The van der Waals surface area contributed by atoms with Crippen LogP contribution in [-0.4, -0.2) is 30.6 Å². The Kier molecular flexibility index (Phi) is 4.92. The number of anilines is 1. The minimum absolute atomic E-state index is 0.0421. The van der Waals surface area contributed by atoms with Crippen LogP contribution in [0.4, 0.5) is 11.4 Å². The van der Waals surface area contributed by atoms with Crippen LogP contribution in [0.25, 0.3) is 0 Å². The summed E-state index contributed by atoms with van der Waals surface area (Å²) in [5.41, 5.74) is 5.59. The molecule has 3 N–H and O–H groups in total. The maximum Gasteiger partial charge on any atom is 0.270 e. The average molecular weight is 358 g/mol. The maximum atomic E-state index is 12.5. The highest BCUT2D eigenvalue weighted by molar-refractivity contribution is 9.10. The highest BCUT2D eigenvalue weighted by atomic mass is 79.9. The van der Waals surface area contributed by atoms with Crippen LogP contribution in [0.5, 0.6) is 0 Å². The van der Waals surface area contributed by atoms with Gasteiger partial charge in [-0.05, 0) is 34.8 Å². The van der Waals surface area contributed by atoms with E-state index in [0.717, 1.165) is 0 Å². The van der Waals surface area contributed by atoms with Gasteiger partial charge in [-0.2, -0.15) is 0 Å². The largest absolute Gasteiger partial charge is 0.381 e. The molecule has 1 heterocycles. The van der Waals surface area contributed by atoms with Crippen LogP contribution in [0.15, 0.2) is 22.7 Å². The molecule has 1 amide bonds. The second kappa shape index (κ2) is 6.50. The van der Waals surface area contributed by atoms with Gasteiger partial charge in [0.1, 0.15) is 0 Å². The van der Waals surface area contributed by atoms with Crippen LogP contribution in [0, 0.1) is 15.5 Å². The van der Waals surface area contributed by atoms with Gasteiger partial charge in [-0.15, -0.1) is 0 Å². The van der Waals surface area contributed by atoms with Gasteiger partial charge in [-0.1, -0.05) is 0 Å². The van der Waals surface area contributed by atoms with Crippen molar-refractivity contribution in [2.24, 2.45) is 11.1 Å². The molecule has 0 unspecified atom stereocenters. The number of rotatable bonds is 4. The monoisotopic (exact) mass is 357 g/mol. The van der Waals surface area contributed by atoms with Crippen molar-refractivity contribution >= 4 is 33.2 Å². The highest BCUT2D eigenvalue weighted by Gasteiger charge is 2.39. The van der Waals surface area contributed by atoms with Gasteiger partial charge in [0.2, 0.25) is 5.91 Å². The number of nitrogens with one attached hydrogen (secondary N) is 1. The molecule has 1 aliphatic rings. The number of carbonyl (C=O) groups is 1. The van der Waals surface area contributed by atoms with Crippen molar-refractivity contribution < 1.29 is 14.5 Å². The van der Waals surface area contributed by atoms with Crippen LogP contribution in [0.3, 0.4) is 0 Å². The van der Waals surface area contributed by atoms with E-state index in [4.69, 9.17) is 10.5 Å². The summed E-state index contributed by atoms with van der Waals surface area (Å²) in [5, 5.41) is 13.5. The molecule has 1 fully saturated rings. The standard InChI is InChI=1S/C13H16BrN3O4/c14-10-7-9(17(19)20)1-2-11(10)16-12(18)13(8-15)3-5-21-6-4-13/h1-2,7H,3-6,8,15H2,(H,16,18). The molecule has 1 aliphatic heterocycles. The average Bonchev–Trinajstić information content (AvgIpc) is 2.49. The van der Waals surface area contributed by atoms with Crippen LogP contribution in [0.1, 0.15) is 12.8 Å². The van der Waals surface area contributed by atoms with E-state index in [9.17, 15) is 14.9 Å². The Morgan fingerprint density at radius 2 is 2.14 bits per heavy atom. The zero-order valence-corrected chi connectivity index (χ0v) is 12.9. The number of nitrogens with zero attached hydrogens (tertiary/aromatic N) is 1. The number of non-ortho nitro benzene ring substituents is 1. The van der Waals surface area contributed by atoms with E-state index >= 15 is 0 Å². The molecule has 1 aromatic carbocycles. The molecule has 21 heavy (non-hydrogen) atoms. The summed E-state index contributed by atoms with van der Waals surface area (Å²) in [7, 11) is 0. The fourth-order valence-electron chi connectivity index (χ4n) is 2.26. The van der Waals surface area contributed by atoms with Gasteiger partial charge >= 0.3 is 0 Å². The first-order valence-corrected chi connectivity index (χ1v) is 7.31. The number of carbonyl (C=O) groups excluding carboxylic acids is 1. The van der Waals surface area contributed by atoms with Gasteiger partial charge < -0.3 is 15.8 Å². The van der Waals surface area contributed by atoms with Crippen molar-refractivity contribution in [2.45, 2.75) is 12.8 Å². The Bertz CT molecular complexity index is 558. The van der Waals surface area contributed by atoms with Crippen LogP contribution in [0.2, 0.25) is 0 Å². The second-order valence-corrected chi connectivity index (χ2v) is 5.83. The van der Waals surface area contributed by atoms with E-state index in [0.29, 0.717) is 36.2 Å². The number of ether oxygens (including phenoxy) is 1. The van der Waals surface area contributed by atoms with Gasteiger partial charge in [0.25, 0.3) is 5.69 Å². The molecule has 1 aromatic rings. The SMILES string of the molecule is NCC1(C(=O)Nc2ccc([N+](=O)[O-])cc2Br)CCOCC1. The smallest absolute Gasteiger partial charge is 0.270 e. The summed E-state index contributed by atoms with van der Waals surface area (Å²) >= 11 is 3.23. The lowest BCUT2D eigenvalue weighted by molar-refractivity contribution is -0.384. The van der Waals surface area contributed by atoms with E-state index in [1.54, 1.807) is 0 Å². The zero-order chi connectivity index (χ0) is 15.5. The van der Waals surface area contributed by atoms with E-state index in [-0.39, 0.29) is 18.1 Å². The van der Waals surface area contributed by atoms with Crippen molar-refractivity contribution in [1.29, 1.82) is 0 Å². The number of nitro groups is 1. The molecular formula is C13H16BrN3O4. The number of amides is 1. The normalized spacial score (nSPS) is 17.2. The van der Waals surface area contributed by atoms with Crippen LogP contribution in [-0.2, 0) is 9.53 Å². The Hall–Kier alpha value is -1.51. The molecule has 0 bridgehead atoms. The van der Waals surface area contributed by atoms with Crippen molar-refractivity contribution in [3.8, 4) is 0 Å². The molecule has 7 nitrogen and oxygen atoms in total. The van der Waals surface area contributed by atoms with E-state index in [1.165, 1.54) is 18.2 Å². The predicted octanol–water partition coefficient (Wildman–Crippen LogP) is 2.05. The number of benzene rings is 1. The third-order valence-corrected chi connectivity index (χ3v) is 4.39. The molecule has 0 spiro atoms. The summed E-state index contributed by atoms with van der Waals surface area (Å²) < 4.78 is 5.74. The first-order chi connectivity index (χ1) is 9.98. The molecule has 1 saturated heterocycles. The third kappa shape index (κ3) is 3.39. The lowest BCUT2D eigenvalue weighted by Gasteiger charge is -2.34. The molecule has 0 aromatic heterocycles. The maximum absolute atomic E-state index is 12.5. The van der Waals surface area contributed by atoms with Crippen LogP contribution < -0.4 is 11.1 Å². The van der Waals surface area contributed by atoms with Gasteiger partial charge in [0.15, 0.2) is 0 Å². The fraction of sp³-hybridized carbons (Fsp3) is 0.462. The van der Waals surface area contributed by atoms with Gasteiger partial charge in [0.05, 0.1) is 16.0 Å². The lowest BCUT2D eigenvalue weighted by atomic mass is 9.79. The van der Waals surface area contributed by atoms with Crippen molar-refractivity contribution in [1.82, 2.24) is 0 Å². The Labute approximate surface area is 130 Å². The summed E-state index contributed by atoms with van der Waals surface area (Å²) in [6.45, 7) is 1.25. The number of hydrogen-bond acceptors (Lipinski definition) is 5. The number of nitro benzene ring substituents is 1. The minimum atomic E-state index is -0.639. The Morgan fingerprint density at radius 1 is 1.48 bits per heavy atom. The summed E-state index contributed by atoms with van der Waals surface area (Å²) in [6.07, 6.45) is 1.14. The molecule has 0 aliphatic carbocycles. The van der Waals surface area contributed by atoms with E-state index in [2.05, 4.69) is 21.2 Å². The summed E-state index contributed by atoms with van der Waals surface area (Å²) in [5.74, 6) is -0.178. The summed E-state index contributed by atoms with van der Waals surface area (Å²) in [6, 6.07) is 4.21. The first-order valence-electron chi connectivity index (χ1n) is 6.52. The molecule has 0 radical (unpaired) electrons. The topological polar surface area (TPSA) is 107 Å². The van der Waals surface area contributed by atoms with Gasteiger partial charge in [0, 0.05) is 36.4 Å². The third-order valence-electron chi connectivity index (χ3n) is 3.73. The molecule has 2 rings (SSSR count). The molecular weight excluding hydrogens is 342 g/mol. The molecule has 8 heteroatoms. The second-order valence-electron chi connectivity index (χ2n) is 4.97. The Morgan fingerprint density at radius 3 is 2.67 bits per heavy atom. The van der Waals surface area contributed by atoms with Crippen molar-refractivity contribution in [3.63, 3.8) is 0 Å². The van der Waals surface area contributed by atoms with E-state index < -0.39 is 10.3 Å². The van der Waals surface area contributed by atoms with Crippen molar-refractivity contribution in [2.75, 3.05) is 25.1 Å². The predicted molar refractivity (Wildman–Crippen MR) is 81.0 cm³/mol. The fourth-order valence-corrected chi connectivity index (χ4v) is 2.73. The minimum Gasteiger partial charge on any atom is -0.381 e. The van der Waals surface area contributed by atoms with Gasteiger partial charge in [-0.25, -0.2) is 0 Å². The molecule has 0 atom stereocenters. The number of nitrogens with two attached hydrogens (primary N) is 1. The number of hydrogen-bond donors (Lipinski definition) is 2. The van der Waals surface area contributed by atoms with E-state index in [1.807, 2.05) is 0 Å². The first kappa shape index (κ1) is 15.9. The van der Waals surface area contributed by atoms with Crippen molar-refractivity contribution in [3.05, 3.63) is 32.8 Å². The molecule has 0 saturated carbocycles. The number of halogens is 1. The quantitative estimate of drug-likeness (QED) is 0.633. The summed E-state index contributed by atoms with van der Waals surface area (Å²) in [4.78, 5) is 22.7. The molecule has 114 valence electrons. The zero-order valence-electron chi connectivity index (χ0n) is 11.3. The lowest BCUT2D eigenvalue weighted by Crippen LogP contribution is -2.46.